The van der Waals surface area contributed by atoms with Crippen molar-refractivity contribution in [3.63, 3.8) is 0 Å². The normalized spacial score (nSPS) is 11.2. The number of hydrogen-bond acceptors (Lipinski definition) is 0. The first kappa shape index (κ1) is 21.3. The fourth-order valence-electron chi connectivity index (χ4n) is 3.59. The van der Waals surface area contributed by atoms with E-state index in [1.165, 1.54) is 115 Å². The van der Waals surface area contributed by atoms with E-state index in [0.29, 0.717) is 0 Å². The number of hydrogen-bond donors (Lipinski definition) is 0. The third-order valence-electron chi connectivity index (χ3n) is 5.21. The SMILES string of the molecule is CCCCCCCCCCCCCCCCCCc1ccn(C)c1. The molecule has 1 rings (SSSR count). The van der Waals surface area contributed by atoms with E-state index in [4.69, 9.17) is 0 Å². The van der Waals surface area contributed by atoms with Crippen molar-refractivity contribution in [3.05, 3.63) is 24.0 Å². The Kier molecular flexibility index (Phi) is 14.0. The summed E-state index contributed by atoms with van der Waals surface area (Å²) in [6.45, 7) is 2.30. The monoisotopic (exact) mass is 333 g/mol. The summed E-state index contributed by atoms with van der Waals surface area (Å²) >= 11 is 0. The van der Waals surface area contributed by atoms with Crippen molar-refractivity contribution >= 4 is 0 Å². The fourth-order valence-corrected chi connectivity index (χ4v) is 3.59. The van der Waals surface area contributed by atoms with Crippen molar-refractivity contribution < 1.29 is 0 Å². The van der Waals surface area contributed by atoms with Gasteiger partial charge in [-0.1, -0.05) is 103 Å². The summed E-state index contributed by atoms with van der Waals surface area (Å²) in [6.07, 6.45) is 28.8. The van der Waals surface area contributed by atoms with Gasteiger partial charge in [0.2, 0.25) is 0 Å². The zero-order valence-electron chi connectivity index (χ0n) is 16.7. The molecule has 0 N–H and O–H groups in total. The first-order chi connectivity index (χ1) is 11.8. The van der Waals surface area contributed by atoms with Crippen LogP contribution in [0.2, 0.25) is 0 Å². The van der Waals surface area contributed by atoms with Gasteiger partial charge in [0, 0.05) is 19.4 Å². The molecule has 0 spiro atoms. The van der Waals surface area contributed by atoms with Crippen LogP contribution in [0.1, 0.15) is 115 Å². The van der Waals surface area contributed by atoms with Crippen LogP contribution in [0.25, 0.3) is 0 Å². The average Bonchev–Trinajstić information content (AvgIpc) is 3.00. The van der Waals surface area contributed by atoms with Gasteiger partial charge in [0.25, 0.3) is 0 Å². The zero-order chi connectivity index (χ0) is 17.3. The topological polar surface area (TPSA) is 4.93 Å². The highest BCUT2D eigenvalue weighted by Crippen LogP contribution is 2.14. The highest BCUT2D eigenvalue weighted by molar-refractivity contribution is 5.09. The van der Waals surface area contributed by atoms with Gasteiger partial charge in [0.15, 0.2) is 0 Å². The lowest BCUT2D eigenvalue weighted by Crippen LogP contribution is -1.86. The predicted octanol–water partition coefficient (Wildman–Crippen LogP) is 7.83. The lowest BCUT2D eigenvalue weighted by atomic mass is 10.0. The van der Waals surface area contributed by atoms with Crippen LogP contribution >= 0.6 is 0 Å². The Morgan fingerprint density at radius 3 is 1.42 bits per heavy atom. The van der Waals surface area contributed by atoms with Crippen LogP contribution in [-0.4, -0.2) is 4.57 Å². The summed E-state index contributed by atoms with van der Waals surface area (Å²) in [7, 11) is 2.11. The van der Waals surface area contributed by atoms with Gasteiger partial charge in [-0.15, -0.1) is 0 Å². The van der Waals surface area contributed by atoms with E-state index in [1.807, 2.05) is 0 Å². The molecule has 0 aliphatic carbocycles. The summed E-state index contributed by atoms with van der Waals surface area (Å²) in [6, 6.07) is 2.26. The van der Waals surface area contributed by atoms with Gasteiger partial charge >= 0.3 is 0 Å². The van der Waals surface area contributed by atoms with Crippen molar-refractivity contribution in [1.29, 1.82) is 0 Å². The maximum Gasteiger partial charge on any atom is 0.0106 e. The largest absolute Gasteiger partial charge is 0.357 e. The Labute approximate surface area is 152 Å². The van der Waals surface area contributed by atoms with Gasteiger partial charge in [0.1, 0.15) is 0 Å². The molecular weight excluding hydrogens is 290 g/mol. The van der Waals surface area contributed by atoms with E-state index >= 15 is 0 Å². The number of rotatable bonds is 17. The van der Waals surface area contributed by atoms with Gasteiger partial charge in [-0.2, -0.15) is 0 Å². The fraction of sp³-hybridized carbons (Fsp3) is 0.826. The zero-order valence-corrected chi connectivity index (χ0v) is 16.7. The first-order valence-electron chi connectivity index (χ1n) is 10.9. The molecule has 140 valence electrons. The lowest BCUT2D eigenvalue weighted by molar-refractivity contribution is 0.529. The standard InChI is InChI=1S/C23H43N/c1-3-4-5-6-7-8-9-10-11-12-13-14-15-16-17-18-19-23-20-21-24(2)22-23/h20-22H,3-19H2,1-2H3. The molecule has 1 aromatic heterocycles. The number of unbranched alkanes of at least 4 members (excludes halogenated alkanes) is 15. The van der Waals surface area contributed by atoms with E-state index in [1.54, 1.807) is 0 Å². The van der Waals surface area contributed by atoms with Crippen molar-refractivity contribution in [2.24, 2.45) is 7.05 Å². The minimum Gasteiger partial charge on any atom is -0.357 e. The third-order valence-corrected chi connectivity index (χ3v) is 5.21. The average molecular weight is 334 g/mol. The van der Waals surface area contributed by atoms with Crippen LogP contribution in [-0.2, 0) is 13.5 Å². The highest BCUT2D eigenvalue weighted by Gasteiger charge is 1.96. The number of aryl methyl sites for hydroxylation is 2. The van der Waals surface area contributed by atoms with E-state index in [-0.39, 0.29) is 0 Å². The molecule has 1 heteroatoms. The first-order valence-corrected chi connectivity index (χ1v) is 10.9. The van der Waals surface area contributed by atoms with Crippen LogP contribution in [0.5, 0.6) is 0 Å². The summed E-state index contributed by atoms with van der Waals surface area (Å²) in [5, 5.41) is 0. The molecule has 1 heterocycles. The minimum absolute atomic E-state index is 1.26. The molecule has 0 aliphatic heterocycles. The van der Waals surface area contributed by atoms with E-state index in [0.717, 1.165) is 0 Å². The van der Waals surface area contributed by atoms with Crippen LogP contribution in [0.4, 0.5) is 0 Å². The van der Waals surface area contributed by atoms with Crippen molar-refractivity contribution in [3.8, 4) is 0 Å². The van der Waals surface area contributed by atoms with Gasteiger partial charge in [-0.05, 0) is 24.5 Å². The molecule has 0 saturated carbocycles. The van der Waals surface area contributed by atoms with E-state index < -0.39 is 0 Å². The second-order valence-corrected chi connectivity index (χ2v) is 7.74. The molecule has 0 aliphatic rings. The summed E-state index contributed by atoms with van der Waals surface area (Å²) < 4.78 is 2.15. The third kappa shape index (κ3) is 12.7. The quantitative estimate of drug-likeness (QED) is 0.256. The van der Waals surface area contributed by atoms with E-state index in [9.17, 15) is 0 Å². The molecule has 0 saturated heterocycles. The second kappa shape index (κ2) is 15.8. The van der Waals surface area contributed by atoms with Gasteiger partial charge in [-0.25, -0.2) is 0 Å². The van der Waals surface area contributed by atoms with Crippen molar-refractivity contribution in [2.45, 2.75) is 116 Å². The van der Waals surface area contributed by atoms with Crippen LogP contribution < -0.4 is 0 Å². The Hall–Kier alpha value is -0.720. The number of aromatic nitrogens is 1. The van der Waals surface area contributed by atoms with Crippen molar-refractivity contribution in [2.75, 3.05) is 0 Å². The van der Waals surface area contributed by atoms with Crippen LogP contribution in [0, 0.1) is 0 Å². The molecular formula is C23H43N. The smallest absolute Gasteiger partial charge is 0.0106 e. The molecule has 0 fully saturated rings. The maximum absolute atomic E-state index is 2.30. The molecule has 0 radical (unpaired) electrons. The van der Waals surface area contributed by atoms with E-state index in [2.05, 4.69) is 37.0 Å². The lowest BCUT2D eigenvalue weighted by Gasteiger charge is -2.03. The summed E-state index contributed by atoms with van der Waals surface area (Å²) in [4.78, 5) is 0. The van der Waals surface area contributed by atoms with Crippen molar-refractivity contribution in [1.82, 2.24) is 4.57 Å². The van der Waals surface area contributed by atoms with Crippen LogP contribution in [0.3, 0.4) is 0 Å². The molecule has 1 nitrogen and oxygen atoms in total. The molecule has 1 aromatic rings. The predicted molar refractivity (Wildman–Crippen MR) is 109 cm³/mol. The van der Waals surface area contributed by atoms with Gasteiger partial charge < -0.3 is 4.57 Å². The minimum atomic E-state index is 1.26. The molecule has 0 atom stereocenters. The summed E-state index contributed by atoms with van der Waals surface area (Å²) in [5.41, 5.74) is 1.50. The molecule has 24 heavy (non-hydrogen) atoms. The Bertz CT molecular complexity index is 366. The highest BCUT2D eigenvalue weighted by atomic mass is 14.9. The van der Waals surface area contributed by atoms with Gasteiger partial charge in [0.05, 0.1) is 0 Å². The van der Waals surface area contributed by atoms with Crippen LogP contribution in [0.15, 0.2) is 18.5 Å². The number of nitrogens with zero attached hydrogens (tertiary/aromatic N) is 1. The van der Waals surface area contributed by atoms with Gasteiger partial charge in [-0.3, -0.25) is 0 Å². The maximum atomic E-state index is 2.30. The molecule has 0 bridgehead atoms. The Balaban J connectivity index is 1.70. The summed E-state index contributed by atoms with van der Waals surface area (Å²) in [5.74, 6) is 0. The molecule has 0 aromatic carbocycles. The Morgan fingerprint density at radius 1 is 0.625 bits per heavy atom. The second-order valence-electron chi connectivity index (χ2n) is 7.74. The Morgan fingerprint density at radius 2 is 1.04 bits per heavy atom. The molecule has 0 unspecified atom stereocenters. The molecule has 0 amide bonds.